The summed E-state index contributed by atoms with van der Waals surface area (Å²) in [5, 5.41) is 3.52. The molecule has 0 aromatic carbocycles. The van der Waals surface area contributed by atoms with Crippen LogP contribution in [0.1, 0.15) is 32.3 Å². The van der Waals surface area contributed by atoms with Crippen LogP contribution in [0.15, 0.2) is 18.5 Å². The fourth-order valence-electron chi connectivity index (χ4n) is 3.37. The Morgan fingerprint density at radius 2 is 2.25 bits per heavy atom. The lowest BCUT2D eigenvalue weighted by Crippen LogP contribution is -2.50. The third-order valence-corrected chi connectivity index (χ3v) is 4.52. The van der Waals surface area contributed by atoms with Crippen LogP contribution in [0.4, 0.5) is 5.69 Å². The molecule has 2 aliphatic rings. The van der Waals surface area contributed by atoms with Gasteiger partial charge in [-0.3, -0.25) is 9.88 Å². The van der Waals surface area contributed by atoms with Crippen molar-refractivity contribution in [3.8, 4) is 0 Å². The van der Waals surface area contributed by atoms with Crippen molar-refractivity contribution in [3.63, 3.8) is 0 Å². The molecule has 1 aromatic rings. The lowest BCUT2D eigenvalue weighted by molar-refractivity contribution is 0.230. The molecule has 1 unspecified atom stereocenters. The van der Waals surface area contributed by atoms with Crippen LogP contribution in [0.5, 0.6) is 0 Å². The predicted molar refractivity (Wildman–Crippen MR) is 83.0 cm³/mol. The maximum atomic E-state index is 4.35. The first-order valence-corrected chi connectivity index (χ1v) is 7.89. The van der Waals surface area contributed by atoms with E-state index in [0.29, 0.717) is 6.04 Å². The van der Waals surface area contributed by atoms with Crippen LogP contribution in [0.2, 0.25) is 0 Å². The molecule has 0 aliphatic carbocycles. The van der Waals surface area contributed by atoms with Gasteiger partial charge < -0.3 is 10.2 Å². The Kier molecular flexibility index (Phi) is 4.22. The maximum Gasteiger partial charge on any atom is 0.0599 e. The minimum Gasteiger partial charge on any atom is -0.367 e. The van der Waals surface area contributed by atoms with Crippen molar-refractivity contribution < 1.29 is 0 Å². The summed E-state index contributed by atoms with van der Waals surface area (Å²) in [6.07, 6.45) is 6.68. The second-order valence-electron chi connectivity index (χ2n) is 6.32. The van der Waals surface area contributed by atoms with E-state index in [1.165, 1.54) is 43.7 Å². The second-order valence-corrected chi connectivity index (χ2v) is 6.32. The van der Waals surface area contributed by atoms with Gasteiger partial charge in [-0.15, -0.1) is 0 Å². The maximum absolute atomic E-state index is 4.35. The van der Waals surface area contributed by atoms with Gasteiger partial charge in [0, 0.05) is 44.5 Å². The SMILES string of the molecule is CC(C)NCc1ccncc1N1CCN2CCCC2C1. The Bertz CT molecular complexity index is 446. The van der Waals surface area contributed by atoms with Crippen LogP contribution in [-0.2, 0) is 6.54 Å². The number of piperazine rings is 1. The highest BCUT2D eigenvalue weighted by molar-refractivity contribution is 5.52. The summed E-state index contributed by atoms with van der Waals surface area (Å²) in [5.41, 5.74) is 2.70. The molecule has 20 heavy (non-hydrogen) atoms. The van der Waals surface area contributed by atoms with E-state index < -0.39 is 0 Å². The summed E-state index contributed by atoms with van der Waals surface area (Å²) < 4.78 is 0. The molecule has 4 heteroatoms. The molecule has 3 rings (SSSR count). The number of hydrogen-bond acceptors (Lipinski definition) is 4. The average Bonchev–Trinajstić information content (AvgIpc) is 2.92. The number of pyridine rings is 1. The quantitative estimate of drug-likeness (QED) is 0.908. The number of fused-ring (bicyclic) bond motifs is 1. The molecule has 3 heterocycles. The molecule has 4 nitrogen and oxygen atoms in total. The lowest BCUT2D eigenvalue weighted by atomic mass is 10.1. The molecule has 2 fully saturated rings. The standard InChI is InChI=1S/C16H26N4/c1-13(2)18-10-14-5-6-17-11-16(14)20-9-8-19-7-3-4-15(19)12-20/h5-6,11,13,15,18H,3-4,7-10,12H2,1-2H3. The fourth-order valence-corrected chi connectivity index (χ4v) is 3.37. The topological polar surface area (TPSA) is 31.4 Å². The van der Waals surface area contributed by atoms with Gasteiger partial charge in [0.15, 0.2) is 0 Å². The van der Waals surface area contributed by atoms with Gasteiger partial charge in [0.2, 0.25) is 0 Å². The third kappa shape index (κ3) is 2.96. The van der Waals surface area contributed by atoms with Gasteiger partial charge in [0.1, 0.15) is 0 Å². The minimum absolute atomic E-state index is 0.516. The Labute approximate surface area is 122 Å². The van der Waals surface area contributed by atoms with Crippen LogP contribution in [-0.4, -0.2) is 48.1 Å². The Morgan fingerprint density at radius 3 is 3.10 bits per heavy atom. The van der Waals surface area contributed by atoms with Crippen molar-refractivity contribution in [2.75, 3.05) is 31.1 Å². The van der Waals surface area contributed by atoms with Crippen LogP contribution in [0.3, 0.4) is 0 Å². The van der Waals surface area contributed by atoms with E-state index in [4.69, 9.17) is 0 Å². The summed E-state index contributed by atoms with van der Waals surface area (Å²) in [6, 6.07) is 3.43. The van der Waals surface area contributed by atoms with Gasteiger partial charge in [0.05, 0.1) is 11.9 Å². The average molecular weight is 274 g/mol. The summed E-state index contributed by atoms with van der Waals surface area (Å²) in [4.78, 5) is 9.54. The Balaban J connectivity index is 1.72. The predicted octanol–water partition coefficient (Wildman–Crippen LogP) is 1.86. The van der Waals surface area contributed by atoms with E-state index in [1.807, 2.05) is 12.4 Å². The Morgan fingerprint density at radius 1 is 1.35 bits per heavy atom. The van der Waals surface area contributed by atoms with E-state index in [2.05, 4.69) is 40.0 Å². The molecule has 0 bridgehead atoms. The molecule has 1 aromatic heterocycles. The largest absolute Gasteiger partial charge is 0.367 e. The van der Waals surface area contributed by atoms with Gasteiger partial charge in [-0.2, -0.15) is 0 Å². The number of nitrogens with zero attached hydrogens (tertiary/aromatic N) is 3. The van der Waals surface area contributed by atoms with Gasteiger partial charge in [-0.1, -0.05) is 13.8 Å². The van der Waals surface area contributed by atoms with Crippen molar-refractivity contribution >= 4 is 5.69 Å². The molecule has 1 N–H and O–H groups in total. The molecule has 110 valence electrons. The first kappa shape index (κ1) is 13.8. The molecule has 2 saturated heterocycles. The molecule has 0 spiro atoms. The molecule has 1 atom stereocenters. The third-order valence-electron chi connectivity index (χ3n) is 4.52. The van der Waals surface area contributed by atoms with E-state index in [1.54, 1.807) is 0 Å². The number of hydrogen-bond donors (Lipinski definition) is 1. The van der Waals surface area contributed by atoms with Gasteiger partial charge >= 0.3 is 0 Å². The summed E-state index contributed by atoms with van der Waals surface area (Å²) in [7, 11) is 0. The summed E-state index contributed by atoms with van der Waals surface area (Å²) in [5.74, 6) is 0. The molecular formula is C16H26N4. The minimum atomic E-state index is 0.516. The van der Waals surface area contributed by atoms with E-state index in [0.717, 1.165) is 19.1 Å². The number of nitrogens with one attached hydrogen (secondary N) is 1. The van der Waals surface area contributed by atoms with Crippen LogP contribution < -0.4 is 10.2 Å². The smallest absolute Gasteiger partial charge is 0.0599 e. The van der Waals surface area contributed by atoms with E-state index in [-0.39, 0.29) is 0 Å². The van der Waals surface area contributed by atoms with Gasteiger partial charge in [-0.05, 0) is 31.0 Å². The highest BCUT2D eigenvalue weighted by Gasteiger charge is 2.31. The van der Waals surface area contributed by atoms with Crippen LogP contribution in [0.25, 0.3) is 0 Å². The van der Waals surface area contributed by atoms with Crippen molar-refractivity contribution in [3.05, 3.63) is 24.0 Å². The molecule has 0 amide bonds. The highest BCUT2D eigenvalue weighted by Crippen LogP contribution is 2.27. The lowest BCUT2D eigenvalue weighted by Gasteiger charge is -2.39. The van der Waals surface area contributed by atoms with Crippen molar-refractivity contribution in [2.24, 2.45) is 0 Å². The van der Waals surface area contributed by atoms with E-state index in [9.17, 15) is 0 Å². The number of rotatable bonds is 4. The Hall–Kier alpha value is -1.13. The molecule has 0 radical (unpaired) electrons. The normalized spacial score (nSPS) is 23.4. The first-order valence-electron chi connectivity index (χ1n) is 7.89. The zero-order valence-corrected chi connectivity index (χ0v) is 12.7. The zero-order valence-electron chi connectivity index (χ0n) is 12.7. The van der Waals surface area contributed by atoms with Gasteiger partial charge in [0.25, 0.3) is 0 Å². The highest BCUT2D eigenvalue weighted by atomic mass is 15.3. The van der Waals surface area contributed by atoms with Crippen LogP contribution in [0, 0.1) is 0 Å². The summed E-state index contributed by atoms with van der Waals surface area (Å²) >= 11 is 0. The van der Waals surface area contributed by atoms with Crippen molar-refractivity contribution in [2.45, 2.75) is 45.3 Å². The molecule has 0 saturated carbocycles. The van der Waals surface area contributed by atoms with Crippen LogP contribution >= 0.6 is 0 Å². The number of anilines is 1. The van der Waals surface area contributed by atoms with Crippen molar-refractivity contribution in [1.29, 1.82) is 0 Å². The molecule has 2 aliphatic heterocycles. The van der Waals surface area contributed by atoms with Gasteiger partial charge in [-0.25, -0.2) is 0 Å². The van der Waals surface area contributed by atoms with Crippen molar-refractivity contribution in [1.82, 2.24) is 15.2 Å². The fraction of sp³-hybridized carbons (Fsp3) is 0.688. The summed E-state index contributed by atoms with van der Waals surface area (Å²) in [6.45, 7) is 10.1. The van der Waals surface area contributed by atoms with E-state index >= 15 is 0 Å². The molecular weight excluding hydrogens is 248 g/mol. The zero-order chi connectivity index (χ0) is 13.9. The number of aromatic nitrogens is 1. The second kappa shape index (κ2) is 6.10. The monoisotopic (exact) mass is 274 g/mol. The first-order chi connectivity index (χ1) is 9.74.